The van der Waals surface area contributed by atoms with Crippen LogP contribution in [0.5, 0.6) is 0 Å². The zero-order valence-corrected chi connectivity index (χ0v) is 11.6. The van der Waals surface area contributed by atoms with Crippen molar-refractivity contribution in [3.05, 3.63) is 39.2 Å². The molecule has 6 nitrogen and oxygen atoms in total. The molecule has 21 heavy (non-hydrogen) atoms. The van der Waals surface area contributed by atoms with Gasteiger partial charge in [0, 0.05) is 37.8 Å². The Morgan fingerprint density at radius 3 is 2.95 bits per heavy atom. The predicted octanol–water partition coefficient (Wildman–Crippen LogP) is 1.48. The second kappa shape index (κ2) is 5.07. The second-order valence-electron chi connectivity index (χ2n) is 5.65. The van der Waals surface area contributed by atoms with Crippen molar-refractivity contribution in [3.63, 3.8) is 0 Å². The topological polar surface area (TPSA) is 75.5 Å². The molecule has 0 spiro atoms. The maximum absolute atomic E-state index is 14.2. The molecular weight excluding hydrogens is 277 g/mol. The molecule has 0 radical (unpaired) electrons. The van der Waals surface area contributed by atoms with Crippen LogP contribution in [-0.2, 0) is 0 Å². The molecule has 3 rings (SSSR count). The number of nitrogens with zero attached hydrogens (tertiary/aromatic N) is 2. The van der Waals surface area contributed by atoms with Crippen molar-refractivity contribution in [3.8, 4) is 0 Å². The summed E-state index contributed by atoms with van der Waals surface area (Å²) < 4.78 is 14.2. The van der Waals surface area contributed by atoms with Crippen molar-refractivity contribution in [2.45, 2.75) is 19.4 Å². The van der Waals surface area contributed by atoms with Crippen LogP contribution in [-0.4, -0.2) is 41.4 Å². The number of benzene rings is 1. The summed E-state index contributed by atoms with van der Waals surface area (Å²) in [6.45, 7) is 3.58. The highest BCUT2D eigenvalue weighted by Gasteiger charge is 2.41. The van der Waals surface area contributed by atoms with Gasteiger partial charge >= 0.3 is 0 Å². The van der Waals surface area contributed by atoms with E-state index < -0.39 is 16.6 Å². The van der Waals surface area contributed by atoms with Gasteiger partial charge in [-0.3, -0.25) is 14.9 Å². The summed E-state index contributed by atoms with van der Waals surface area (Å²) in [7, 11) is 0. The van der Waals surface area contributed by atoms with E-state index in [0.29, 0.717) is 19.0 Å². The number of nitrogens with one attached hydrogen (secondary N) is 1. The van der Waals surface area contributed by atoms with Gasteiger partial charge in [-0.2, -0.15) is 0 Å². The Morgan fingerprint density at radius 2 is 2.24 bits per heavy atom. The summed E-state index contributed by atoms with van der Waals surface area (Å²) in [5.41, 5.74) is -0.334. The third-order valence-corrected chi connectivity index (χ3v) is 4.39. The third kappa shape index (κ3) is 2.27. The smallest absolute Gasteiger partial charge is 0.270 e. The number of likely N-dealkylation sites (tertiary alicyclic amines) is 1. The lowest BCUT2D eigenvalue weighted by atomic mass is 10.0. The molecule has 1 N–H and O–H groups in total. The number of amides is 1. The van der Waals surface area contributed by atoms with Gasteiger partial charge in [0.25, 0.3) is 11.6 Å². The van der Waals surface area contributed by atoms with Gasteiger partial charge in [-0.1, -0.05) is 0 Å². The number of nitro groups is 1. The number of hydrogen-bond donors (Lipinski definition) is 1. The van der Waals surface area contributed by atoms with Gasteiger partial charge in [-0.15, -0.1) is 0 Å². The van der Waals surface area contributed by atoms with Gasteiger partial charge in [0.05, 0.1) is 10.5 Å². The van der Waals surface area contributed by atoms with Crippen LogP contribution in [0.4, 0.5) is 10.1 Å². The van der Waals surface area contributed by atoms with Crippen LogP contribution in [0.25, 0.3) is 0 Å². The Balaban J connectivity index is 1.96. The lowest BCUT2D eigenvalue weighted by molar-refractivity contribution is -0.385. The molecule has 2 aliphatic rings. The van der Waals surface area contributed by atoms with Gasteiger partial charge in [0.2, 0.25) is 0 Å². The summed E-state index contributed by atoms with van der Waals surface area (Å²) in [5, 5.41) is 14.1. The Morgan fingerprint density at radius 1 is 1.48 bits per heavy atom. The normalized spacial score (nSPS) is 24.2. The summed E-state index contributed by atoms with van der Waals surface area (Å²) in [5.74, 6) is -0.715. The van der Waals surface area contributed by atoms with E-state index in [1.807, 2.05) is 0 Å². The summed E-state index contributed by atoms with van der Waals surface area (Å²) in [6, 6.07) is 2.26. The van der Waals surface area contributed by atoms with Crippen LogP contribution in [0.1, 0.15) is 22.3 Å². The van der Waals surface area contributed by atoms with Crippen molar-refractivity contribution in [2.75, 3.05) is 19.6 Å². The quantitative estimate of drug-likeness (QED) is 0.662. The lowest BCUT2D eigenvalue weighted by Crippen LogP contribution is -2.39. The highest BCUT2D eigenvalue weighted by molar-refractivity contribution is 5.96. The number of non-ortho nitro benzene ring substituents is 1. The highest BCUT2D eigenvalue weighted by Crippen LogP contribution is 2.30. The van der Waals surface area contributed by atoms with Crippen LogP contribution >= 0.6 is 0 Å². The van der Waals surface area contributed by atoms with Gasteiger partial charge in [-0.05, 0) is 24.8 Å². The average molecular weight is 293 g/mol. The first kappa shape index (κ1) is 13.9. The molecule has 112 valence electrons. The fourth-order valence-electron chi connectivity index (χ4n) is 3.27. The first-order valence-electron chi connectivity index (χ1n) is 6.95. The number of nitro benzene ring substituents is 1. The van der Waals surface area contributed by atoms with Gasteiger partial charge < -0.3 is 10.2 Å². The number of fused-ring (bicyclic) bond motifs is 1. The molecule has 0 aromatic heterocycles. The van der Waals surface area contributed by atoms with E-state index in [2.05, 4.69) is 5.32 Å². The maximum Gasteiger partial charge on any atom is 0.270 e. The van der Waals surface area contributed by atoms with Gasteiger partial charge in [-0.25, -0.2) is 4.39 Å². The van der Waals surface area contributed by atoms with Crippen molar-refractivity contribution >= 4 is 11.6 Å². The van der Waals surface area contributed by atoms with Gasteiger partial charge in [0.15, 0.2) is 0 Å². The van der Waals surface area contributed by atoms with Crippen LogP contribution in [0.15, 0.2) is 12.1 Å². The number of carbonyl (C=O) groups is 1. The molecule has 0 unspecified atom stereocenters. The second-order valence-corrected chi connectivity index (χ2v) is 5.65. The number of rotatable bonds is 2. The SMILES string of the molecule is Cc1cc([N+](=O)[O-])cc(C(=O)N2CC[C@H]3CNC[C@H]32)c1F. The van der Waals surface area contributed by atoms with Crippen LogP contribution in [0, 0.1) is 28.8 Å². The molecule has 2 fully saturated rings. The zero-order chi connectivity index (χ0) is 15.1. The molecule has 2 heterocycles. The highest BCUT2D eigenvalue weighted by atomic mass is 19.1. The van der Waals surface area contributed by atoms with E-state index in [0.717, 1.165) is 25.1 Å². The minimum absolute atomic E-state index is 0.0662. The molecule has 0 aliphatic carbocycles. The van der Waals surface area contributed by atoms with E-state index in [9.17, 15) is 19.3 Å². The number of halogens is 1. The molecule has 1 amide bonds. The molecule has 2 saturated heterocycles. The summed E-state index contributed by atoms with van der Waals surface area (Å²) in [4.78, 5) is 24.5. The summed E-state index contributed by atoms with van der Waals surface area (Å²) in [6.07, 6.45) is 0.888. The fraction of sp³-hybridized carbons (Fsp3) is 0.500. The van der Waals surface area contributed by atoms with E-state index in [1.54, 1.807) is 4.90 Å². The predicted molar refractivity (Wildman–Crippen MR) is 73.6 cm³/mol. The lowest BCUT2D eigenvalue weighted by Gasteiger charge is -2.23. The molecule has 1 aromatic carbocycles. The van der Waals surface area contributed by atoms with E-state index in [-0.39, 0.29) is 22.9 Å². The van der Waals surface area contributed by atoms with Crippen molar-refractivity contribution in [2.24, 2.45) is 5.92 Å². The van der Waals surface area contributed by atoms with E-state index in [4.69, 9.17) is 0 Å². The van der Waals surface area contributed by atoms with Crippen molar-refractivity contribution < 1.29 is 14.1 Å². The summed E-state index contributed by atoms with van der Waals surface area (Å²) >= 11 is 0. The van der Waals surface area contributed by atoms with E-state index >= 15 is 0 Å². The maximum atomic E-state index is 14.2. The Labute approximate surface area is 121 Å². The monoisotopic (exact) mass is 293 g/mol. The van der Waals surface area contributed by atoms with Gasteiger partial charge in [0.1, 0.15) is 5.82 Å². The first-order valence-corrected chi connectivity index (χ1v) is 6.95. The molecule has 2 aliphatic heterocycles. The largest absolute Gasteiger partial charge is 0.334 e. The van der Waals surface area contributed by atoms with Crippen molar-refractivity contribution in [1.82, 2.24) is 10.2 Å². The molecular formula is C14H16FN3O3. The number of carbonyl (C=O) groups excluding carboxylic acids is 1. The minimum atomic E-state index is -0.667. The zero-order valence-electron chi connectivity index (χ0n) is 11.6. The first-order chi connectivity index (χ1) is 9.99. The minimum Gasteiger partial charge on any atom is -0.334 e. The Hall–Kier alpha value is -2.02. The van der Waals surface area contributed by atoms with Crippen molar-refractivity contribution in [1.29, 1.82) is 0 Å². The van der Waals surface area contributed by atoms with Crippen LogP contribution < -0.4 is 5.32 Å². The Bertz CT molecular complexity index is 620. The average Bonchev–Trinajstić information content (AvgIpc) is 3.03. The van der Waals surface area contributed by atoms with Crippen LogP contribution in [0.3, 0.4) is 0 Å². The molecule has 7 heteroatoms. The molecule has 2 atom stereocenters. The molecule has 0 saturated carbocycles. The van der Waals surface area contributed by atoms with E-state index in [1.165, 1.54) is 6.92 Å². The molecule has 0 bridgehead atoms. The number of hydrogen-bond acceptors (Lipinski definition) is 4. The Kier molecular flexibility index (Phi) is 3.36. The van der Waals surface area contributed by atoms with Crippen LogP contribution in [0.2, 0.25) is 0 Å². The standard InChI is InChI=1S/C14H16FN3O3/c1-8-4-10(18(20)21)5-11(13(8)15)14(19)17-3-2-9-6-16-7-12(9)17/h4-5,9,12,16H,2-3,6-7H2,1H3/t9-,12+/m0/s1. The third-order valence-electron chi connectivity index (χ3n) is 4.39. The molecule has 1 aromatic rings. The fourth-order valence-corrected chi connectivity index (χ4v) is 3.27. The number of aryl methyl sites for hydroxylation is 1.